The highest BCUT2D eigenvalue weighted by atomic mass is 14.5. The predicted molar refractivity (Wildman–Crippen MR) is 664 cm³/mol. The third-order valence-corrected chi connectivity index (χ3v) is 43.4. The molecule has 36 rings (SSSR count). The second-order valence-corrected chi connectivity index (χ2v) is 55.7. The molecule has 0 radical (unpaired) electrons. The molecule has 0 N–H and O–H groups in total. The van der Waals surface area contributed by atoms with Crippen molar-refractivity contribution in [1.29, 1.82) is 0 Å². The molecule has 0 amide bonds. The molecule has 0 spiro atoms. The smallest absolute Gasteiger partial charge is 0.00169 e. The third-order valence-electron chi connectivity index (χ3n) is 43.4. The van der Waals surface area contributed by atoms with Crippen LogP contribution in [0.3, 0.4) is 0 Å². The standard InChI is InChI=1S/C10H18.C10H14.C9H16.C9H14.C8H14.C8H10.C8H14.C8H16.C7H12.C7H10.C7H12.C7H14.C6H10.C6H12.C6H10.2C6H8.C5H8.C5H10.C5H8.C4H8.C3H6/c2*1-2-6-10-8-4-3-7-9(10)5-1;2*1-2-5-9-7-3-6-8(9)4-1;2*1-3-7-5-2-6-8(7)4-1;1-2-8-5-3-7(1)4-6-8;1-2-4-6-8-7-5-3-1;2*1-2-7-4-3-6(1)5-7;1-2-6-4-7(3-1)5-6;1-2-4-6-7-5-3-1;1-2-5-4-6(5)3-1;4*1-2-4-6-5-3-1;1-2-5-3-4(1)5;2*1-2-4-5-3-1;1-2-4-3-1;1-2-3-1/h9-10H,1-8H2;1-2,5-6,9-10H,3-4,7-8H2;8-9H,1-7H2;3,6,8-9H,1-2,4-5,7H2;7-8H,1-6H2;1,3-4,7H,2,5-6H2;7-8H,1-6H2;1-8H2;6-7H,1-5H2;1-2,6-7H,3-5H2;6-7H,1-5H2;1-7H2;5-6H,1-4H2;1-6H2;1-2H,3-6H2;1-2,5-6H,3-4H2;1-4H,5-6H2;4-5H,1-3H2;1-5H2;1-2H,3-5H2;1-4H2;1-3H2. The Balaban J connectivity index is 0.000000131. The highest BCUT2D eigenvalue weighted by Gasteiger charge is 2.45. The van der Waals surface area contributed by atoms with Gasteiger partial charge in [-0.05, 0) is 322 Å². The van der Waals surface area contributed by atoms with Gasteiger partial charge in [0.1, 0.15) is 0 Å². The molecule has 852 valence electrons. The van der Waals surface area contributed by atoms with Gasteiger partial charge in [-0.15, -0.1) is 0 Å². The lowest BCUT2D eigenvalue weighted by atomic mass is 9.65. The maximum absolute atomic E-state index is 2.43. The van der Waals surface area contributed by atoms with Gasteiger partial charge in [0.15, 0.2) is 0 Å². The Bertz CT molecular complexity index is 3340. The van der Waals surface area contributed by atoms with Crippen LogP contribution in [0.15, 0.2) is 145 Å². The Morgan fingerprint density at radius 1 is 0.140 bits per heavy atom. The fourth-order valence-electron chi connectivity index (χ4n) is 32.3. The molecular formula is C150H252. The average Bonchev–Trinajstić information content (AvgIpc) is 1.64. The van der Waals surface area contributed by atoms with Gasteiger partial charge in [-0.25, -0.2) is 0 Å². The Hall–Kier alpha value is -3.12. The van der Waals surface area contributed by atoms with Crippen molar-refractivity contribution < 1.29 is 0 Å². The van der Waals surface area contributed by atoms with Crippen molar-refractivity contribution in [3.63, 3.8) is 0 Å². The first kappa shape index (κ1) is 124. The largest absolute Gasteiger partial charge is 0.0885 e. The van der Waals surface area contributed by atoms with E-state index in [1.165, 1.54) is 508 Å². The highest BCUT2D eigenvalue weighted by Crippen LogP contribution is 2.56. The van der Waals surface area contributed by atoms with Gasteiger partial charge in [-0.2, -0.15) is 0 Å². The number of fused-ring (bicyclic) bond motifs is 17. The Kier molecular flexibility index (Phi) is 66.6. The van der Waals surface area contributed by atoms with Crippen molar-refractivity contribution in [3.05, 3.63) is 145 Å². The lowest BCUT2D eigenvalue weighted by molar-refractivity contribution is 0.116. The van der Waals surface area contributed by atoms with E-state index in [4.69, 9.17) is 0 Å². The first-order chi connectivity index (χ1) is 74.5. The third kappa shape index (κ3) is 55.3. The van der Waals surface area contributed by atoms with E-state index >= 15 is 0 Å². The van der Waals surface area contributed by atoms with Crippen molar-refractivity contribution in [3.8, 4) is 0 Å². The minimum atomic E-state index is 0.856. The van der Waals surface area contributed by atoms with Crippen LogP contribution in [-0.4, -0.2) is 0 Å². The van der Waals surface area contributed by atoms with Crippen molar-refractivity contribution in [2.75, 3.05) is 0 Å². The van der Waals surface area contributed by atoms with Gasteiger partial charge in [-0.3, -0.25) is 0 Å². The van der Waals surface area contributed by atoms with Crippen LogP contribution in [0.2, 0.25) is 0 Å². The molecular weight excluding hydrogens is 1800 g/mol. The molecule has 0 heteroatoms. The number of hydrogen-bond acceptors (Lipinski definition) is 0. The van der Waals surface area contributed by atoms with Gasteiger partial charge in [0.2, 0.25) is 0 Å². The van der Waals surface area contributed by atoms with Gasteiger partial charge in [0.25, 0.3) is 0 Å². The van der Waals surface area contributed by atoms with E-state index in [0.717, 1.165) is 77.9 Å². The van der Waals surface area contributed by atoms with Crippen molar-refractivity contribution in [2.24, 2.45) is 136 Å². The van der Waals surface area contributed by atoms with Crippen LogP contribution in [0, 0.1) is 136 Å². The maximum Gasteiger partial charge on any atom is -0.00169 e. The van der Waals surface area contributed by atoms with Gasteiger partial charge >= 0.3 is 0 Å². The zero-order valence-electron chi connectivity index (χ0n) is 99.9. The van der Waals surface area contributed by atoms with Gasteiger partial charge < -0.3 is 0 Å². The van der Waals surface area contributed by atoms with Crippen LogP contribution >= 0.6 is 0 Å². The molecule has 13 unspecified atom stereocenters. The topological polar surface area (TPSA) is 0 Å². The van der Waals surface area contributed by atoms with Crippen molar-refractivity contribution in [1.82, 2.24) is 0 Å². The first-order valence-electron chi connectivity index (χ1n) is 70.5. The lowest BCUT2D eigenvalue weighted by Gasteiger charge is -2.40. The zero-order valence-corrected chi connectivity index (χ0v) is 99.9. The zero-order chi connectivity index (χ0) is 103. The molecule has 36 aliphatic carbocycles. The van der Waals surface area contributed by atoms with Crippen LogP contribution in [0.1, 0.15) is 661 Å². The molecule has 0 saturated heterocycles. The summed E-state index contributed by atoms with van der Waals surface area (Å²) in [6.07, 6.45) is 206. The van der Waals surface area contributed by atoms with Crippen molar-refractivity contribution in [2.45, 2.75) is 661 Å². The number of hydrogen-bond donors (Lipinski definition) is 0. The normalized spacial score (nSPS) is 35.7. The monoisotopic (exact) mass is 2050 g/mol. The van der Waals surface area contributed by atoms with E-state index in [1.807, 2.05) is 0 Å². The number of rotatable bonds is 0. The SMILES string of the molecule is C1=CC2CCC1C2.C1=CC2CCCC2=C1.C1=CC2CCCCC2C1.C1=CC2CCCCC2C=C1.C1=CCC=CC1.C1=CCCC1.C1=CCCC=C1.C1=CCCCC1.C1CC1.C1CC2CC(C1)C2.C1CC2CC12.C1CC2CC2C1.C1CC2CCC1C2.C1CC2CCC1CC2.C1CC2CCCC2C1.C1CCC1.C1CCC2CCCC2C1.C1CCC2CCCCC2C1.C1CCCC1.C1CCCCC1.C1CCCCCC1.C1CCCCCCC1. The van der Waals surface area contributed by atoms with E-state index in [0.29, 0.717) is 0 Å². The summed E-state index contributed by atoms with van der Waals surface area (Å²) in [4.78, 5) is 0. The molecule has 150 heavy (non-hydrogen) atoms. The second kappa shape index (κ2) is 80.6. The molecule has 0 nitrogen and oxygen atoms in total. The molecule has 28 saturated carbocycles. The van der Waals surface area contributed by atoms with E-state index in [-0.39, 0.29) is 0 Å². The van der Waals surface area contributed by atoms with Gasteiger partial charge in [-0.1, -0.05) is 620 Å². The van der Waals surface area contributed by atoms with Crippen LogP contribution in [0.25, 0.3) is 0 Å². The molecule has 0 aromatic rings. The Morgan fingerprint density at radius 2 is 0.433 bits per heavy atom. The van der Waals surface area contributed by atoms with E-state index in [1.54, 1.807) is 217 Å². The fourth-order valence-corrected chi connectivity index (χ4v) is 32.3. The summed E-state index contributed by atoms with van der Waals surface area (Å²) in [6, 6.07) is 0. The molecule has 13 atom stereocenters. The summed E-state index contributed by atoms with van der Waals surface area (Å²) in [5.41, 5.74) is 1.67. The molecule has 0 aromatic carbocycles. The van der Waals surface area contributed by atoms with E-state index in [9.17, 15) is 0 Å². The van der Waals surface area contributed by atoms with Crippen LogP contribution in [0.5, 0.6) is 0 Å². The maximum atomic E-state index is 2.43. The van der Waals surface area contributed by atoms with Crippen LogP contribution < -0.4 is 0 Å². The summed E-state index contributed by atoms with van der Waals surface area (Å²) >= 11 is 0. The highest BCUT2D eigenvalue weighted by molar-refractivity contribution is 5.29. The number of allylic oxidation sites excluding steroid dienone is 24. The van der Waals surface area contributed by atoms with Crippen LogP contribution in [-0.2, 0) is 0 Å². The second-order valence-electron chi connectivity index (χ2n) is 55.7. The summed E-state index contributed by atoms with van der Waals surface area (Å²) in [5.74, 6) is 25.5. The summed E-state index contributed by atoms with van der Waals surface area (Å²) < 4.78 is 0. The molecule has 28 fully saturated rings. The Morgan fingerprint density at radius 3 is 0.653 bits per heavy atom. The average molecular weight is 2060 g/mol. The molecule has 0 heterocycles. The molecule has 36 aliphatic rings. The van der Waals surface area contributed by atoms with Crippen LogP contribution in [0.4, 0.5) is 0 Å². The summed E-state index contributed by atoms with van der Waals surface area (Å²) in [6.45, 7) is 0. The Labute approximate surface area is 936 Å². The quantitative estimate of drug-likeness (QED) is 0.168. The van der Waals surface area contributed by atoms with E-state index in [2.05, 4.69) is 140 Å². The van der Waals surface area contributed by atoms with E-state index < -0.39 is 0 Å². The summed E-state index contributed by atoms with van der Waals surface area (Å²) in [7, 11) is 0. The predicted octanol–water partition coefficient (Wildman–Crippen LogP) is 49.6. The molecule has 0 aromatic heterocycles. The fraction of sp³-hybridized carbons (Fsp3) is 0.840. The lowest BCUT2D eigenvalue weighted by Crippen LogP contribution is -2.28. The minimum absolute atomic E-state index is 0.856. The molecule has 8 bridgehead atoms. The first-order valence-corrected chi connectivity index (χ1v) is 70.5. The summed E-state index contributed by atoms with van der Waals surface area (Å²) in [5, 5.41) is 0. The molecule has 0 aliphatic heterocycles. The van der Waals surface area contributed by atoms with Crippen molar-refractivity contribution >= 4 is 0 Å². The van der Waals surface area contributed by atoms with Gasteiger partial charge in [0, 0.05) is 0 Å². The minimum Gasteiger partial charge on any atom is -0.0885 e. The van der Waals surface area contributed by atoms with Gasteiger partial charge in [0.05, 0.1) is 0 Å².